The first kappa shape index (κ1) is 26.0. The first-order chi connectivity index (χ1) is 16.8. The average Bonchev–Trinajstić information content (AvgIpc) is 3.34. The molecule has 3 fully saturated rings. The molecule has 0 aromatic heterocycles. The predicted octanol–water partition coefficient (Wildman–Crippen LogP) is 3.70. The molecule has 9 nitrogen and oxygen atoms in total. The third-order valence-corrected chi connectivity index (χ3v) is 10.5. The van der Waals surface area contributed by atoms with Crippen LogP contribution in [0.2, 0.25) is 0 Å². The van der Waals surface area contributed by atoms with Crippen molar-refractivity contribution in [2.24, 2.45) is 0 Å². The van der Waals surface area contributed by atoms with Gasteiger partial charge in [-0.15, -0.1) is 0 Å². The van der Waals surface area contributed by atoms with Crippen LogP contribution in [0.5, 0.6) is 0 Å². The summed E-state index contributed by atoms with van der Waals surface area (Å²) < 4.78 is 77.7. The molecule has 3 aliphatic rings. The highest BCUT2D eigenvalue weighted by molar-refractivity contribution is 7.87. The van der Waals surface area contributed by atoms with E-state index in [0.717, 1.165) is 5.56 Å². The number of hydrogen-bond acceptors (Lipinski definition) is 9. The zero-order valence-electron chi connectivity index (χ0n) is 20.8. The number of aryl methyl sites for hydroxylation is 1. The highest BCUT2D eigenvalue weighted by Gasteiger charge is 2.64. The highest BCUT2D eigenvalue weighted by atomic mass is 32.2. The molecule has 5 rings (SSSR count). The van der Waals surface area contributed by atoms with Crippen molar-refractivity contribution >= 4 is 22.8 Å². The summed E-state index contributed by atoms with van der Waals surface area (Å²) in [6, 6.07) is 14.7. The van der Waals surface area contributed by atoms with Crippen LogP contribution in [0, 0.1) is 6.92 Å². The van der Waals surface area contributed by atoms with Crippen molar-refractivity contribution < 1.29 is 40.6 Å². The van der Waals surface area contributed by atoms with Crippen LogP contribution in [0.25, 0.3) is 0 Å². The van der Waals surface area contributed by atoms with Gasteiger partial charge in [-0.3, -0.25) is 4.57 Å². The maximum atomic E-state index is 14.8. The van der Waals surface area contributed by atoms with E-state index in [-0.39, 0.29) is 11.5 Å². The quantitative estimate of drug-likeness (QED) is 0.416. The molecule has 0 aliphatic carbocycles. The smallest absolute Gasteiger partial charge is 0.297 e. The SMILES string of the molecule is Cc1ccc(S(=O)(=O)O[C@H]2[C@H]3OC(C)(C)O[C@H]3[C@@H]([C@H]3COC(C)(C)O3)O[P@]2(=O)c2ccccc2)cc1. The van der Waals surface area contributed by atoms with Gasteiger partial charge in [-0.05, 0) is 58.9 Å². The van der Waals surface area contributed by atoms with Crippen LogP contribution in [-0.4, -0.2) is 56.9 Å². The summed E-state index contributed by atoms with van der Waals surface area (Å²) >= 11 is 0. The molecular weight excluding hydrogens is 507 g/mol. The number of hydrogen-bond donors (Lipinski definition) is 0. The molecular formula is C25H31O9PS. The Hall–Kier alpha value is -1.62. The summed E-state index contributed by atoms with van der Waals surface area (Å²) in [6.07, 6.45) is -3.30. The van der Waals surface area contributed by atoms with E-state index in [4.69, 9.17) is 27.7 Å². The maximum absolute atomic E-state index is 14.8. The number of ether oxygens (including phenoxy) is 4. The molecule has 3 heterocycles. The Balaban J connectivity index is 1.59. The van der Waals surface area contributed by atoms with Gasteiger partial charge in [0.1, 0.15) is 24.4 Å². The van der Waals surface area contributed by atoms with Crippen molar-refractivity contribution in [2.75, 3.05) is 6.61 Å². The van der Waals surface area contributed by atoms with E-state index in [9.17, 15) is 13.0 Å². The minimum absolute atomic E-state index is 0.0566. The molecule has 0 spiro atoms. The lowest BCUT2D eigenvalue weighted by Gasteiger charge is -2.43. The van der Waals surface area contributed by atoms with E-state index >= 15 is 0 Å². The van der Waals surface area contributed by atoms with Crippen LogP contribution in [0.1, 0.15) is 33.3 Å². The summed E-state index contributed by atoms with van der Waals surface area (Å²) in [5, 5.41) is 0.309. The van der Waals surface area contributed by atoms with Gasteiger partial charge in [0, 0.05) is 5.30 Å². The first-order valence-corrected chi connectivity index (χ1v) is 14.9. The Morgan fingerprint density at radius 2 is 1.50 bits per heavy atom. The Bertz CT molecular complexity index is 1260. The molecule has 3 saturated heterocycles. The second kappa shape index (κ2) is 8.99. The number of fused-ring (bicyclic) bond motifs is 1. The number of benzene rings is 2. The van der Waals surface area contributed by atoms with E-state index < -0.39 is 59.3 Å². The van der Waals surface area contributed by atoms with Crippen molar-refractivity contribution in [2.45, 2.75) is 81.3 Å². The third kappa shape index (κ3) is 4.81. The summed E-state index contributed by atoms with van der Waals surface area (Å²) in [7, 11) is -8.35. The Labute approximate surface area is 211 Å². The molecule has 2 aromatic rings. The molecule has 0 saturated carbocycles. The molecule has 0 bridgehead atoms. The van der Waals surface area contributed by atoms with E-state index in [1.807, 2.05) is 6.92 Å². The maximum Gasteiger partial charge on any atom is 0.297 e. The van der Waals surface area contributed by atoms with Crippen LogP contribution in [0.4, 0.5) is 0 Å². The van der Waals surface area contributed by atoms with Crippen LogP contribution >= 0.6 is 7.37 Å². The minimum atomic E-state index is -4.33. The Morgan fingerprint density at radius 1 is 0.861 bits per heavy atom. The van der Waals surface area contributed by atoms with Crippen molar-refractivity contribution in [1.29, 1.82) is 0 Å². The topological polar surface area (TPSA) is 107 Å². The summed E-state index contributed by atoms with van der Waals surface area (Å²) in [5.74, 6) is -3.45. The first-order valence-electron chi connectivity index (χ1n) is 11.8. The molecule has 0 radical (unpaired) electrons. The average molecular weight is 539 g/mol. The van der Waals surface area contributed by atoms with E-state index in [1.54, 1.807) is 70.2 Å². The normalized spacial score (nSPS) is 35.4. The molecule has 196 valence electrons. The fourth-order valence-corrected chi connectivity index (χ4v) is 8.89. The Kier molecular flexibility index (Phi) is 6.50. The lowest BCUT2D eigenvalue weighted by atomic mass is 10.0. The van der Waals surface area contributed by atoms with E-state index in [0.29, 0.717) is 5.30 Å². The lowest BCUT2D eigenvalue weighted by molar-refractivity contribution is -0.174. The van der Waals surface area contributed by atoms with Gasteiger partial charge in [0.05, 0.1) is 11.5 Å². The molecule has 36 heavy (non-hydrogen) atoms. The molecule has 3 aliphatic heterocycles. The van der Waals surface area contributed by atoms with Crippen molar-refractivity contribution in [3.63, 3.8) is 0 Å². The fourth-order valence-electron chi connectivity index (χ4n) is 4.79. The summed E-state index contributed by atoms with van der Waals surface area (Å²) in [5.41, 5.74) is 0.892. The minimum Gasteiger partial charge on any atom is -0.348 e. The zero-order chi connectivity index (χ0) is 25.9. The number of rotatable bonds is 5. The van der Waals surface area contributed by atoms with Gasteiger partial charge >= 0.3 is 0 Å². The van der Waals surface area contributed by atoms with Gasteiger partial charge in [0.2, 0.25) is 0 Å². The van der Waals surface area contributed by atoms with Gasteiger partial charge in [0.25, 0.3) is 17.5 Å². The molecule has 11 heteroatoms. The molecule has 0 N–H and O–H groups in total. The lowest BCUT2D eigenvalue weighted by Crippen LogP contribution is -2.56. The van der Waals surface area contributed by atoms with E-state index in [2.05, 4.69) is 0 Å². The largest absolute Gasteiger partial charge is 0.348 e. The fraction of sp³-hybridized carbons (Fsp3) is 0.520. The van der Waals surface area contributed by atoms with Gasteiger partial charge in [0.15, 0.2) is 17.4 Å². The molecule has 6 atom stereocenters. The Morgan fingerprint density at radius 3 is 2.11 bits per heavy atom. The molecule has 2 aromatic carbocycles. The standard InChI is InChI=1S/C25H31O9PS/c1-16-11-13-18(14-12-16)36(27,28)34-23-22-21(31-25(4,5)32-22)20(19-15-29-24(2,3)30-19)33-35(23,26)17-9-7-6-8-10-17/h6-14,19-23H,15H2,1-5H3/t19-,20-,21+,22+,23-,35-/m1/s1. The van der Waals surface area contributed by atoms with Gasteiger partial charge in [-0.25, -0.2) is 4.18 Å². The van der Waals surface area contributed by atoms with Crippen LogP contribution in [-0.2, 0) is 42.3 Å². The molecule has 0 amide bonds. The summed E-state index contributed by atoms with van der Waals surface area (Å²) in [6.45, 7) is 9.00. The van der Waals surface area contributed by atoms with Crippen LogP contribution in [0.15, 0.2) is 59.5 Å². The second-order valence-electron chi connectivity index (χ2n) is 10.2. The predicted molar refractivity (Wildman–Crippen MR) is 131 cm³/mol. The van der Waals surface area contributed by atoms with E-state index in [1.165, 1.54) is 12.1 Å². The van der Waals surface area contributed by atoms with Gasteiger partial charge < -0.3 is 23.5 Å². The highest BCUT2D eigenvalue weighted by Crippen LogP contribution is 2.62. The van der Waals surface area contributed by atoms with Gasteiger partial charge in [-0.2, -0.15) is 8.42 Å². The monoisotopic (exact) mass is 538 g/mol. The van der Waals surface area contributed by atoms with Crippen molar-refractivity contribution in [3.8, 4) is 0 Å². The third-order valence-electron chi connectivity index (χ3n) is 6.43. The van der Waals surface area contributed by atoms with Crippen molar-refractivity contribution in [3.05, 3.63) is 60.2 Å². The zero-order valence-corrected chi connectivity index (χ0v) is 22.5. The van der Waals surface area contributed by atoms with Crippen LogP contribution in [0.3, 0.4) is 0 Å². The summed E-state index contributed by atoms with van der Waals surface area (Å²) in [4.78, 5) is -0.0566. The second-order valence-corrected chi connectivity index (χ2v) is 14.2. The van der Waals surface area contributed by atoms with Gasteiger partial charge in [-0.1, -0.05) is 35.9 Å². The van der Waals surface area contributed by atoms with Crippen LogP contribution < -0.4 is 5.30 Å². The van der Waals surface area contributed by atoms with Crippen molar-refractivity contribution in [1.82, 2.24) is 0 Å². The molecule has 0 unspecified atom stereocenters.